The van der Waals surface area contributed by atoms with Crippen molar-refractivity contribution in [3.8, 4) is 0 Å². The molecule has 5 aliphatic heterocycles. The number of ketones is 1. The molecule has 0 radical (unpaired) electrons. The zero-order chi connectivity index (χ0) is 56.2. The molecule has 20 nitrogen and oxygen atoms in total. The van der Waals surface area contributed by atoms with Crippen LogP contribution in [0, 0.1) is 47.3 Å². The Morgan fingerprint density at radius 3 is 1.96 bits per heavy atom. The summed E-state index contributed by atoms with van der Waals surface area (Å²) < 4.78 is 81.1. The molecule has 0 unspecified atom stereocenters. The van der Waals surface area contributed by atoms with Gasteiger partial charge >= 0.3 is 29.8 Å². The molecular weight excluding hydrogens is 981 g/mol. The number of aliphatic hydroxyl groups is 1. The van der Waals surface area contributed by atoms with E-state index in [1.54, 1.807) is 41.5 Å². The fraction of sp³-hybridized carbons (Fsp3) is 0.855. The smallest absolute Gasteiger partial charge is 0.311 e. The minimum atomic E-state index is -2.07. The minimum absolute atomic E-state index is 0.0156. The Balaban J connectivity index is 1.63. The van der Waals surface area contributed by atoms with Crippen LogP contribution in [0.2, 0.25) is 0 Å². The maximum atomic E-state index is 15.3. The summed E-state index contributed by atoms with van der Waals surface area (Å²) in [5.74, 6) is -9.24. The number of carbonyl (C=O) groups excluding carboxylic acids is 6. The molecule has 0 amide bonds. The number of Topliss-reactive ketones (excluding diaryl/α,β-unsaturated/α-hetero) is 1. The lowest BCUT2D eigenvalue weighted by Crippen LogP contribution is -2.60. The summed E-state index contributed by atoms with van der Waals surface area (Å²) in [6, 6.07) is 0. The van der Waals surface area contributed by atoms with Crippen molar-refractivity contribution in [3.63, 3.8) is 0 Å². The van der Waals surface area contributed by atoms with Crippen LogP contribution in [-0.4, -0.2) is 159 Å². The van der Waals surface area contributed by atoms with Crippen molar-refractivity contribution >= 4 is 35.6 Å². The van der Waals surface area contributed by atoms with Crippen LogP contribution in [-0.2, 0) is 90.3 Å². The highest BCUT2D eigenvalue weighted by molar-refractivity contribution is 5.89. The van der Waals surface area contributed by atoms with Crippen LogP contribution < -0.4 is 0 Å². The summed E-state index contributed by atoms with van der Waals surface area (Å²) in [6.45, 7) is 29.3. The SMILES string of the molecule is C=C1C[C@@H](C)O[C@@H](O[C@@H]2[C@@H](C)[C@H](O[C@H]3C[C@@]4(C)OC(=O)C[C@H]4[C@H](C)O3)[C@@H](C)C(=O)O[C@H]([C@@H](C)CO[C@@H]3O[C@H](C)[C@@H](OC(C)=O)[C@@H](OC)[C@H]3OC)[C@H](C)[C@@H](OC(=O)CC(C)C)[C@@H](C)C(=O)[C@@](C)(O)C[C@@H]2C)[C@@H]1OC(C)=O. The van der Waals surface area contributed by atoms with Crippen LogP contribution in [0.4, 0.5) is 0 Å². The normalized spacial score (nSPS) is 42.7. The maximum absolute atomic E-state index is 15.3. The summed E-state index contributed by atoms with van der Waals surface area (Å²) in [7, 11) is 2.90. The summed E-state index contributed by atoms with van der Waals surface area (Å²) in [5, 5.41) is 12.5. The average molecular weight is 1070 g/mol. The van der Waals surface area contributed by atoms with Gasteiger partial charge in [-0.15, -0.1) is 0 Å². The van der Waals surface area contributed by atoms with Crippen molar-refractivity contribution in [2.24, 2.45) is 47.3 Å². The van der Waals surface area contributed by atoms with Crippen LogP contribution in [0.5, 0.6) is 0 Å². The summed E-state index contributed by atoms with van der Waals surface area (Å²) >= 11 is 0. The van der Waals surface area contributed by atoms with Crippen LogP contribution in [0.3, 0.4) is 0 Å². The van der Waals surface area contributed by atoms with Gasteiger partial charge in [0.05, 0.1) is 55.4 Å². The zero-order valence-corrected chi connectivity index (χ0v) is 47.4. The number of carbonyl (C=O) groups is 6. The van der Waals surface area contributed by atoms with Crippen molar-refractivity contribution in [1.82, 2.24) is 0 Å². The van der Waals surface area contributed by atoms with E-state index in [9.17, 15) is 29.1 Å². The van der Waals surface area contributed by atoms with Gasteiger partial charge in [0.1, 0.15) is 35.6 Å². The summed E-state index contributed by atoms with van der Waals surface area (Å²) in [4.78, 5) is 81.4. The predicted molar refractivity (Wildman–Crippen MR) is 267 cm³/mol. The van der Waals surface area contributed by atoms with Crippen molar-refractivity contribution < 1.29 is 95.5 Å². The highest BCUT2D eigenvalue weighted by Crippen LogP contribution is 2.46. The number of hydrogen-bond acceptors (Lipinski definition) is 20. The molecule has 0 bridgehead atoms. The number of rotatable bonds is 15. The molecule has 0 aliphatic carbocycles. The van der Waals surface area contributed by atoms with E-state index in [4.69, 9.17) is 61.6 Å². The molecule has 23 atom stereocenters. The van der Waals surface area contributed by atoms with Gasteiger partial charge in [-0.2, -0.15) is 0 Å². The molecule has 0 saturated carbocycles. The van der Waals surface area contributed by atoms with Crippen LogP contribution in [0.1, 0.15) is 136 Å². The number of cyclic esters (lactones) is 1. The fourth-order valence-corrected chi connectivity index (χ4v) is 12.2. The Bertz CT molecular complexity index is 2010. The molecular formula is C55H88O20. The number of ether oxygens (including phenoxy) is 13. The Morgan fingerprint density at radius 1 is 0.720 bits per heavy atom. The predicted octanol–water partition coefficient (Wildman–Crippen LogP) is 5.97. The molecule has 75 heavy (non-hydrogen) atoms. The van der Waals surface area contributed by atoms with Crippen molar-refractivity contribution in [1.29, 1.82) is 0 Å². The Morgan fingerprint density at radius 2 is 1.36 bits per heavy atom. The second-order valence-electron chi connectivity index (χ2n) is 23.0. The van der Waals surface area contributed by atoms with E-state index in [-0.39, 0.29) is 50.1 Å². The molecule has 428 valence electrons. The quantitative estimate of drug-likeness (QED) is 0.113. The Labute approximate surface area is 443 Å². The first-order valence-corrected chi connectivity index (χ1v) is 26.8. The van der Waals surface area contributed by atoms with Crippen molar-refractivity contribution in [2.75, 3.05) is 20.8 Å². The van der Waals surface area contributed by atoms with Crippen LogP contribution in [0.15, 0.2) is 12.2 Å². The topological polar surface area (TPSA) is 243 Å². The third kappa shape index (κ3) is 15.0. The Hall–Kier alpha value is -3.60. The maximum Gasteiger partial charge on any atom is 0.311 e. The fourth-order valence-electron chi connectivity index (χ4n) is 12.2. The second-order valence-corrected chi connectivity index (χ2v) is 23.0. The average Bonchev–Trinajstić information content (AvgIpc) is 3.63. The molecule has 1 N–H and O–H groups in total. The zero-order valence-electron chi connectivity index (χ0n) is 47.4. The summed E-state index contributed by atoms with van der Waals surface area (Å²) in [5.41, 5.74) is -2.46. The van der Waals surface area contributed by atoms with Gasteiger partial charge in [0, 0.05) is 64.6 Å². The van der Waals surface area contributed by atoms with Crippen LogP contribution >= 0.6 is 0 Å². The third-order valence-electron chi connectivity index (χ3n) is 15.9. The van der Waals surface area contributed by atoms with Gasteiger partial charge in [-0.05, 0) is 71.8 Å². The highest BCUT2D eigenvalue weighted by atomic mass is 16.7. The third-order valence-corrected chi connectivity index (χ3v) is 15.9. The first kappa shape index (κ1) is 62.2. The first-order chi connectivity index (χ1) is 34.9. The first-order valence-electron chi connectivity index (χ1n) is 26.8. The highest BCUT2D eigenvalue weighted by Gasteiger charge is 2.56. The number of hydrogen-bond donors (Lipinski definition) is 1. The lowest BCUT2D eigenvalue weighted by atomic mass is 9.74. The largest absolute Gasteiger partial charge is 0.461 e. The van der Waals surface area contributed by atoms with E-state index in [0.29, 0.717) is 12.0 Å². The molecule has 5 rings (SSSR count). The van der Waals surface area contributed by atoms with E-state index < -0.39 is 162 Å². The molecule has 5 heterocycles. The van der Waals surface area contributed by atoms with E-state index in [2.05, 4.69) is 6.58 Å². The molecule has 20 heteroatoms. The van der Waals surface area contributed by atoms with E-state index in [1.165, 1.54) is 35.0 Å². The second kappa shape index (κ2) is 25.9. The van der Waals surface area contributed by atoms with Gasteiger partial charge in [0.2, 0.25) is 0 Å². The number of fused-ring (bicyclic) bond motifs is 1. The standard InChI is InChI=1S/C55H88O20/c1-25(2)19-39(58)71-45-31(8)43(28(5)24-65-52-49(64-18)48(63-17)47(35(12)68-52)70-37(14)57)73-51(61)33(10)46(72-41-23-55(16)38(34(11)67-41)21-40(59)75-55)30(7)42(27(4)22-54(15,62)50(60)32(45)9)74-53-44(69-36(13)56)26(3)20-29(6)66-53/h25,27-35,38,41-49,52-53,62H,3,19-24H2,1-2,4-18H3/t27-,28-,29+,30+,31-,32+,33+,34-,35+,38-,41-,42-,43+,44+,45+,46-,47+,48+,49+,52+,53-,54-,55+/m0/s1. The molecule has 0 spiro atoms. The van der Waals surface area contributed by atoms with Crippen molar-refractivity contribution in [2.45, 2.75) is 233 Å². The lowest BCUT2D eigenvalue weighted by molar-refractivity contribution is -0.307. The molecule has 0 aromatic carbocycles. The van der Waals surface area contributed by atoms with Gasteiger partial charge in [-0.1, -0.05) is 55.0 Å². The molecule has 0 aromatic rings. The minimum Gasteiger partial charge on any atom is -0.461 e. The van der Waals surface area contributed by atoms with Crippen molar-refractivity contribution in [3.05, 3.63) is 12.2 Å². The monoisotopic (exact) mass is 1070 g/mol. The van der Waals surface area contributed by atoms with E-state index >= 15 is 4.79 Å². The molecule has 5 aliphatic rings. The van der Waals surface area contributed by atoms with Gasteiger partial charge in [0.15, 0.2) is 36.9 Å². The number of esters is 5. The molecule has 0 aromatic heterocycles. The Kier molecular flexibility index (Phi) is 21.5. The molecule has 5 fully saturated rings. The van der Waals surface area contributed by atoms with Gasteiger partial charge in [-0.3, -0.25) is 28.8 Å². The molecule has 5 saturated heterocycles. The van der Waals surface area contributed by atoms with E-state index in [1.807, 2.05) is 41.5 Å². The van der Waals surface area contributed by atoms with Gasteiger partial charge < -0.3 is 66.7 Å². The van der Waals surface area contributed by atoms with E-state index in [0.717, 1.165) is 0 Å². The number of methoxy groups -OCH3 is 2. The van der Waals surface area contributed by atoms with Gasteiger partial charge in [0.25, 0.3) is 0 Å². The van der Waals surface area contributed by atoms with Gasteiger partial charge in [-0.25, -0.2) is 0 Å². The van der Waals surface area contributed by atoms with Crippen LogP contribution in [0.25, 0.3) is 0 Å². The lowest BCUT2D eigenvalue weighted by Gasteiger charge is -2.46. The summed E-state index contributed by atoms with van der Waals surface area (Å²) in [6.07, 6.45) is -12.4.